The number of rotatable bonds is 10. The molecule has 3 amide bonds. The van der Waals surface area contributed by atoms with Crippen LogP contribution in [0, 0.1) is 11.8 Å². The first-order valence-electron chi connectivity index (χ1n) is 13.0. The van der Waals surface area contributed by atoms with E-state index < -0.39 is 35.5 Å². The van der Waals surface area contributed by atoms with Gasteiger partial charge in [-0.3, -0.25) is 9.59 Å². The summed E-state index contributed by atoms with van der Waals surface area (Å²) >= 11 is 0. The van der Waals surface area contributed by atoms with Gasteiger partial charge in [0, 0.05) is 26.2 Å². The maximum Gasteiger partial charge on any atom is 0.410 e. The van der Waals surface area contributed by atoms with Crippen molar-refractivity contribution in [3.63, 3.8) is 0 Å². The Morgan fingerprint density at radius 2 is 1.12 bits per heavy atom. The number of hydrogen-bond donors (Lipinski definition) is 4. The van der Waals surface area contributed by atoms with Crippen molar-refractivity contribution in [2.45, 2.75) is 39.2 Å². The molecular weight excluding hydrogens is 518 g/mol. The Kier molecular flexibility index (Phi) is 9.87. The van der Waals surface area contributed by atoms with Crippen LogP contribution < -0.4 is 10.6 Å². The molecule has 0 spiro atoms. The van der Waals surface area contributed by atoms with Gasteiger partial charge < -0.3 is 30.5 Å². The molecule has 0 radical (unpaired) electrons. The SMILES string of the molecule is CC(C)(C)OC(=O)N1C[C@@H](C(=O)NCCc2ccc(C(=O)O)cc2)[C@H](C(=O)NCCc2ccc(C(=O)O)cc2)C1. The lowest BCUT2D eigenvalue weighted by atomic mass is 9.94. The molecule has 0 bridgehead atoms. The third kappa shape index (κ3) is 8.55. The summed E-state index contributed by atoms with van der Waals surface area (Å²) < 4.78 is 5.45. The van der Waals surface area contributed by atoms with Crippen LogP contribution in [0.4, 0.5) is 4.79 Å². The second kappa shape index (κ2) is 13.1. The molecule has 0 aromatic heterocycles. The molecule has 11 nitrogen and oxygen atoms in total. The fraction of sp³-hybridized carbons (Fsp3) is 0.414. The molecule has 4 N–H and O–H groups in total. The molecule has 1 saturated heterocycles. The van der Waals surface area contributed by atoms with Crippen LogP contribution >= 0.6 is 0 Å². The number of aromatic carboxylic acids is 2. The second-order valence-electron chi connectivity index (χ2n) is 10.7. The zero-order valence-electron chi connectivity index (χ0n) is 22.8. The molecule has 1 heterocycles. The van der Waals surface area contributed by atoms with Crippen LogP contribution in [0.5, 0.6) is 0 Å². The molecule has 214 valence electrons. The van der Waals surface area contributed by atoms with E-state index in [9.17, 15) is 24.0 Å². The van der Waals surface area contributed by atoms with Crippen LogP contribution in [0.1, 0.15) is 52.6 Å². The van der Waals surface area contributed by atoms with Gasteiger partial charge in [-0.2, -0.15) is 0 Å². The third-order valence-electron chi connectivity index (χ3n) is 6.47. The predicted octanol–water partition coefficient (Wildman–Crippen LogP) is 2.58. The number of likely N-dealkylation sites (tertiary alicyclic amines) is 1. The highest BCUT2D eigenvalue weighted by molar-refractivity contribution is 5.90. The molecule has 1 aliphatic heterocycles. The molecule has 2 atom stereocenters. The van der Waals surface area contributed by atoms with E-state index in [-0.39, 0.29) is 49.1 Å². The minimum atomic E-state index is -1.02. The van der Waals surface area contributed by atoms with E-state index in [1.54, 1.807) is 45.0 Å². The van der Waals surface area contributed by atoms with Crippen LogP contribution in [-0.2, 0) is 27.2 Å². The highest BCUT2D eigenvalue weighted by Crippen LogP contribution is 2.26. The molecule has 40 heavy (non-hydrogen) atoms. The summed E-state index contributed by atoms with van der Waals surface area (Å²) in [6.45, 7) is 5.82. The zero-order chi connectivity index (χ0) is 29.4. The fourth-order valence-electron chi connectivity index (χ4n) is 4.36. The van der Waals surface area contributed by atoms with Gasteiger partial charge >= 0.3 is 18.0 Å². The van der Waals surface area contributed by atoms with Crippen molar-refractivity contribution >= 4 is 29.8 Å². The minimum Gasteiger partial charge on any atom is -0.478 e. The molecule has 1 fully saturated rings. The summed E-state index contributed by atoms with van der Waals surface area (Å²) in [4.78, 5) is 62.4. The Morgan fingerprint density at radius 3 is 1.45 bits per heavy atom. The summed E-state index contributed by atoms with van der Waals surface area (Å²) in [7, 11) is 0. The lowest BCUT2D eigenvalue weighted by molar-refractivity contribution is -0.132. The monoisotopic (exact) mass is 553 g/mol. The number of ether oxygens (including phenoxy) is 1. The van der Waals surface area contributed by atoms with Crippen LogP contribution in [0.25, 0.3) is 0 Å². The van der Waals surface area contributed by atoms with Gasteiger partial charge in [-0.05, 0) is 69.0 Å². The highest BCUT2D eigenvalue weighted by Gasteiger charge is 2.44. The first-order chi connectivity index (χ1) is 18.8. The quantitative estimate of drug-likeness (QED) is 0.349. The Bertz CT molecular complexity index is 1150. The Balaban J connectivity index is 1.61. The first-order valence-corrected chi connectivity index (χ1v) is 13.0. The van der Waals surface area contributed by atoms with Crippen molar-refractivity contribution in [2.75, 3.05) is 26.2 Å². The van der Waals surface area contributed by atoms with Crippen LogP contribution in [0.3, 0.4) is 0 Å². The molecule has 0 aliphatic carbocycles. The summed E-state index contributed by atoms with van der Waals surface area (Å²) in [5.74, 6) is -4.32. The number of hydrogen-bond acceptors (Lipinski definition) is 6. The number of carboxylic acid groups (broad SMARTS) is 2. The number of carboxylic acids is 2. The average molecular weight is 554 g/mol. The van der Waals surface area contributed by atoms with Gasteiger partial charge in [0.05, 0.1) is 23.0 Å². The summed E-state index contributed by atoms with van der Waals surface area (Å²) in [6.07, 6.45) is 0.329. The smallest absolute Gasteiger partial charge is 0.410 e. The Labute approximate surface area is 232 Å². The van der Waals surface area contributed by atoms with Gasteiger partial charge in [0.2, 0.25) is 11.8 Å². The van der Waals surface area contributed by atoms with E-state index >= 15 is 0 Å². The molecule has 2 aromatic carbocycles. The molecule has 2 aromatic rings. The molecule has 11 heteroatoms. The topological polar surface area (TPSA) is 162 Å². The van der Waals surface area contributed by atoms with Crippen molar-refractivity contribution in [2.24, 2.45) is 11.8 Å². The maximum absolute atomic E-state index is 13.1. The van der Waals surface area contributed by atoms with Crippen LogP contribution in [0.15, 0.2) is 48.5 Å². The fourth-order valence-corrected chi connectivity index (χ4v) is 4.36. The Morgan fingerprint density at radius 1 is 0.750 bits per heavy atom. The normalized spacial score (nSPS) is 16.7. The second-order valence-corrected chi connectivity index (χ2v) is 10.7. The van der Waals surface area contributed by atoms with Crippen molar-refractivity contribution in [3.05, 3.63) is 70.8 Å². The van der Waals surface area contributed by atoms with E-state index in [1.807, 2.05) is 0 Å². The van der Waals surface area contributed by atoms with E-state index in [1.165, 1.54) is 29.2 Å². The number of amides is 3. The predicted molar refractivity (Wildman–Crippen MR) is 145 cm³/mol. The van der Waals surface area contributed by atoms with Gasteiger partial charge in [-0.25, -0.2) is 14.4 Å². The molecule has 0 saturated carbocycles. The molecular formula is C29H35N3O8. The van der Waals surface area contributed by atoms with Gasteiger partial charge in [-0.15, -0.1) is 0 Å². The zero-order valence-corrected chi connectivity index (χ0v) is 22.8. The molecule has 3 rings (SSSR count). The third-order valence-corrected chi connectivity index (χ3v) is 6.47. The Hall–Kier alpha value is -4.41. The van der Waals surface area contributed by atoms with Crippen molar-refractivity contribution in [1.82, 2.24) is 15.5 Å². The van der Waals surface area contributed by atoms with Crippen LogP contribution in [-0.4, -0.2) is 76.7 Å². The minimum absolute atomic E-state index is 0.0305. The van der Waals surface area contributed by atoms with E-state index in [0.717, 1.165) is 11.1 Å². The lowest BCUT2D eigenvalue weighted by Crippen LogP contribution is -2.42. The van der Waals surface area contributed by atoms with E-state index in [0.29, 0.717) is 12.8 Å². The standard InChI is InChI=1S/C29H35N3O8/c1-29(2,3)40-28(39)32-16-22(24(33)30-14-12-18-4-8-20(9-5-18)26(35)36)23(17-32)25(34)31-15-13-19-6-10-21(11-7-19)27(37)38/h4-11,22-23H,12-17H2,1-3H3,(H,30,33)(H,31,34)(H,35,36)(H,37,38)/t22-,23-/m1/s1. The van der Waals surface area contributed by atoms with Crippen molar-refractivity contribution in [3.8, 4) is 0 Å². The number of carbonyl (C=O) groups is 5. The summed E-state index contributed by atoms with van der Waals surface area (Å²) in [6, 6.07) is 12.7. The van der Waals surface area contributed by atoms with Gasteiger partial charge in [-0.1, -0.05) is 24.3 Å². The lowest BCUT2D eigenvalue weighted by Gasteiger charge is -2.24. The van der Waals surface area contributed by atoms with Crippen molar-refractivity contribution in [1.29, 1.82) is 0 Å². The summed E-state index contributed by atoms with van der Waals surface area (Å²) in [5.41, 5.74) is 1.30. The van der Waals surface area contributed by atoms with Crippen molar-refractivity contribution < 1.29 is 38.9 Å². The van der Waals surface area contributed by atoms with E-state index in [2.05, 4.69) is 10.6 Å². The average Bonchev–Trinajstić information content (AvgIpc) is 3.34. The van der Waals surface area contributed by atoms with Gasteiger partial charge in [0.1, 0.15) is 5.60 Å². The largest absolute Gasteiger partial charge is 0.478 e. The summed E-state index contributed by atoms with van der Waals surface area (Å²) in [5, 5.41) is 23.7. The van der Waals surface area contributed by atoms with Gasteiger partial charge in [0.15, 0.2) is 0 Å². The number of carbonyl (C=O) groups excluding carboxylic acids is 3. The number of nitrogens with zero attached hydrogens (tertiary/aromatic N) is 1. The molecule has 1 aliphatic rings. The maximum atomic E-state index is 13.1. The van der Waals surface area contributed by atoms with Gasteiger partial charge in [0.25, 0.3) is 0 Å². The highest BCUT2D eigenvalue weighted by atomic mass is 16.6. The molecule has 0 unspecified atom stereocenters. The first kappa shape index (κ1) is 30.1. The number of nitrogens with one attached hydrogen (secondary N) is 2. The van der Waals surface area contributed by atoms with Crippen LogP contribution in [0.2, 0.25) is 0 Å². The number of benzene rings is 2. The van der Waals surface area contributed by atoms with E-state index in [4.69, 9.17) is 14.9 Å².